The molecule has 0 aliphatic carbocycles. The Kier molecular flexibility index (Phi) is 4.52. The van der Waals surface area contributed by atoms with E-state index in [-0.39, 0.29) is 40.5 Å². The van der Waals surface area contributed by atoms with E-state index in [1.54, 1.807) is 24.3 Å². The molecule has 4 rings (SSSR count). The van der Waals surface area contributed by atoms with E-state index in [4.69, 9.17) is 9.47 Å². The van der Waals surface area contributed by atoms with Crippen molar-refractivity contribution in [3.8, 4) is 17.2 Å². The van der Waals surface area contributed by atoms with Crippen LogP contribution in [0.3, 0.4) is 0 Å². The fourth-order valence-electron chi connectivity index (χ4n) is 3.05. The van der Waals surface area contributed by atoms with Crippen LogP contribution in [0.5, 0.6) is 17.2 Å². The predicted molar refractivity (Wildman–Crippen MR) is 102 cm³/mol. The number of amides is 1. The molecule has 1 aliphatic heterocycles. The number of ether oxygens (including phenoxy) is 2. The third-order valence-corrected chi connectivity index (χ3v) is 4.48. The highest BCUT2D eigenvalue weighted by Gasteiger charge is 2.21. The molecule has 0 spiro atoms. The van der Waals surface area contributed by atoms with Crippen molar-refractivity contribution >= 4 is 34.1 Å². The van der Waals surface area contributed by atoms with Crippen LogP contribution in [0.2, 0.25) is 0 Å². The summed E-state index contributed by atoms with van der Waals surface area (Å²) in [6.45, 7) is -0.681. The molecule has 0 unspecified atom stereocenters. The number of anilines is 1. The lowest BCUT2D eigenvalue weighted by Gasteiger charge is -2.18. The first-order valence-electron chi connectivity index (χ1n) is 8.65. The SMILES string of the molecule is O=C1COc2ccc(C(=O)COC(=O)c3cc(O)c4ccccc4c3O)cc2N1. The van der Waals surface area contributed by atoms with Gasteiger partial charge in [0.1, 0.15) is 22.8 Å². The van der Waals surface area contributed by atoms with Crippen LogP contribution in [0.1, 0.15) is 20.7 Å². The maximum Gasteiger partial charge on any atom is 0.342 e. The number of rotatable bonds is 4. The van der Waals surface area contributed by atoms with Crippen LogP contribution in [0.25, 0.3) is 10.8 Å². The third-order valence-electron chi connectivity index (χ3n) is 4.48. The highest BCUT2D eigenvalue weighted by atomic mass is 16.5. The summed E-state index contributed by atoms with van der Waals surface area (Å²) in [5.74, 6) is -1.89. The fraction of sp³-hybridized carbons (Fsp3) is 0.0952. The van der Waals surface area contributed by atoms with E-state index in [1.807, 2.05) is 0 Å². The first-order chi connectivity index (χ1) is 13.9. The second kappa shape index (κ2) is 7.16. The standard InChI is InChI=1S/C21H15NO7/c23-16-8-14(20(26)13-4-2-1-3-12(13)16)21(27)29-9-17(24)11-5-6-18-15(7-11)22-19(25)10-28-18/h1-8,23,26H,9-10H2,(H,22,25). The van der Waals surface area contributed by atoms with Gasteiger partial charge in [-0.2, -0.15) is 0 Å². The number of fused-ring (bicyclic) bond motifs is 2. The van der Waals surface area contributed by atoms with E-state index in [2.05, 4.69) is 5.32 Å². The van der Waals surface area contributed by atoms with Crippen molar-refractivity contribution in [2.75, 3.05) is 18.5 Å². The first-order valence-corrected chi connectivity index (χ1v) is 8.65. The molecule has 8 heteroatoms. The number of benzene rings is 3. The predicted octanol–water partition coefficient (Wildman–Crippen LogP) is 2.62. The lowest BCUT2D eigenvalue weighted by molar-refractivity contribution is -0.118. The molecule has 3 N–H and O–H groups in total. The van der Waals surface area contributed by atoms with Gasteiger partial charge < -0.3 is 25.0 Å². The summed E-state index contributed by atoms with van der Waals surface area (Å²) in [5, 5.41) is 23.7. The van der Waals surface area contributed by atoms with Gasteiger partial charge in [-0.15, -0.1) is 0 Å². The molecule has 146 valence electrons. The number of hydrogen-bond donors (Lipinski definition) is 3. The van der Waals surface area contributed by atoms with Gasteiger partial charge in [-0.1, -0.05) is 24.3 Å². The summed E-state index contributed by atoms with van der Waals surface area (Å²) >= 11 is 0. The minimum absolute atomic E-state index is 0.0972. The number of esters is 1. The lowest BCUT2D eigenvalue weighted by Crippen LogP contribution is -2.25. The Balaban J connectivity index is 1.51. The normalized spacial score (nSPS) is 12.6. The zero-order valence-electron chi connectivity index (χ0n) is 15.0. The Morgan fingerprint density at radius 1 is 1.07 bits per heavy atom. The molecule has 0 atom stereocenters. The van der Waals surface area contributed by atoms with Gasteiger partial charge in [-0.05, 0) is 24.3 Å². The molecule has 0 radical (unpaired) electrons. The summed E-state index contributed by atoms with van der Waals surface area (Å²) in [5.41, 5.74) is 0.323. The van der Waals surface area contributed by atoms with Crippen LogP contribution in [0, 0.1) is 0 Å². The number of carbonyl (C=O) groups excluding carboxylic acids is 3. The van der Waals surface area contributed by atoms with Gasteiger partial charge in [0, 0.05) is 16.3 Å². The molecule has 1 heterocycles. The second-order valence-electron chi connectivity index (χ2n) is 6.38. The van der Waals surface area contributed by atoms with Gasteiger partial charge in [0.25, 0.3) is 5.91 Å². The van der Waals surface area contributed by atoms with E-state index in [9.17, 15) is 24.6 Å². The van der Waals surface area contributed by atoms with Crippen LogP contribution >= 0.6 is 0 Å². The minimum atomic E-state index is -0.952. The molecule has 1 aliphatic rings. The van der Waals surface area contributed by atoms with Crippen LogP contribution in [-0.4, -0.2) is 41.1 Å². The molecule has 3 aromatic rings. The number of ketones is 1. The van der Waals surface area contributed by atoms with Gasteiger partial charge in [0.15, 0.2) is 19.0 Å². The Morgan fingerprint density at radius 2 is 1.83 bits per heavy atom. The van der Waals surface area contributed by atoms with Crippen LogP contribution in [-0.2, 0) is 9.53 Å². The summed E-state index contributed by atoms with van der Waals surface area (Å²) in [4.78, 5) is 36.1. The summed E-state index contributed by atoms with van der Waals surface area (Å²) < 4.78 is 10.2. The average molecular weight is 393 g/mol. The van der Waals surface area contributed by atoms with E-state index in [0.29, 0.717) is 16.8 Å². The molecule has 1 amide bonds. The summed E-state index contributed by atoms with van der Waals surface area (Å²) in [7, 11) is 0. The quantitative estimate of drug-likeness (QED) is 0.354. The molecule has 0 aromatic heterocycles. The van der Waals surface area contributed by atoms with Crippen molar-refractivity contribution in [3.05, 3.63) is 59.7 Å². The average Bonchev–Trinajstić information content (AvgIpc) is 2.73. The molecule has 0 saturated heterocycles. The Hall–Kier alpha value is -4.07. The molecule has 0 saturated carbocycles. The highest BCUT2D eigenvalue weighted by Crippen LogP contribution is 2.35. The Bertz CT molecular complexity index is 1170. The number of carbonyl (C=O) groups is 3. The van der Waals surface area contributed by atoms with Gasteiger partial charge in [-0.3, -0.25) is 9.59 Å². The minimum Gasteiger partial charge on any atom is -0.507 e. The number of Topliss-reactive ketones (excluding diaryl/α,β-unsaturated/α-hetero) is 1. The molecular formula is C21H15NO7. The van der Waals surface area contributed by atoms with Crippen LogP contribution in [0.15, 0.2) is 48.5 Å². The Morgan fingerprint density at radius 3 is 2.62 bits per heavy atom. The maximum absolute atomic E-state index is 12.4. The van der Waals surface area contributed by atoms with Gasteiger partial charge in [0.2, 0.25) is 0 Å². The maximum atomic E-state index is 12.4. The summed E-state index contributed by atoms with van der Waals surface area (Å²) in [6, 6.07) is 12.0. The third kappa shape index (κ3) is 3.43. The molecule has 0 fully saturated rings. The monoisotopic (exact) mass is 393 g/mol. The zero-order valence-corrected chi connectivity index (χ0v) is 15.0. The van der Waals surface area contributed by atoms with E-state index >= 15 is 0 Å². The Labute approximate surface area is 164 Å². The zero-order chi connectivity index (χ0) is 20.5. The molecular weight excluding hydrogens is 378 g/mol. The van der Waals surface area contributed by atoms with Gasteiger partial charge >= 0.3 is 5.97 Å². The van der Waals surface area contributed by atoms with E-state index < -0.39 is 18.4 Å². The largest absolute Gasteiger partial charge is 0.507 e. The van der Waals surface area contributed by atoms with Crippen molar-refractivity contribution < 1.29 is 34.1 Å². The van der Waals surface area contributed by atoms with Crippen molar-refractivity contribution in [1.82, 2.24) is 0 Å². The summed E-state index contributed by atoms with van der Waals surface area (Å²) in [6.07, 6.45) is 0. The van der Waals surface area contributed by atoms with E-state index in [1.165, 1.54) is 18.2 Å². The first kappa shape index (κ1) is 18.3. The topological polar surface area (TPSA) is 122 Å². The number of aromatic hydroxyl groups is 2. The number of phenols is 2. The van der Waals surface area contributed by atoms with E-state index in [0.717, 1.165) is 6.07 Å². The second-order valence-corrected chi connectivity index (χ2v) is 6.38. The number of phenolic OH excluding ortho intramolecular Hbond substituents is 2. The lowest BCUT2D eigenvalue weighted by atomic mass is 10.0. The molecule has 0 bridgehead atoms. The molecule has 3 aromatic carbocycles. The van der Waals surface area contributed by atoms with Crippen LogP contribution < -0.4 is 10.1 Å². The van der Waals surface area contributed by atoms with Crippen molar-refractivity contribution in [1.29, 1.82) is 0 Å². The molecule has 29 heavy (non-hydrogen) atoms. The van der Waals surface area contributed by atoms with Gasteiger partial charge in [0.05, 0.1) is 5.69 Å². The van der Waals surface area contributed by atoms with Crippen molar-refractivity contribution in [2.24, 2.45) is 0 Å². The smallest absolute Gasteiger partial charge is 0.342 e. The number of hydrogen-bond acceptors (Lipinski definition) is 7. The van der Waals surface area contributed by atoms with Crippen LogP contribution in [0.4, 0.5) is 5.69 Å². The molecule has 8 nitrogen and oxygen atoms in total. The number of nitrogens with one attached hydrogen (secondary N) is 1. The van der Waals surface area contributed by atoms with Crippen molar-refractivity contribution in [2.45, 2.75) is 0 Å². The van der Waals surface area contributed by atoms with Crippen molar-refractivity contribution in [3.63, 3.8) is 0 Å². The highest BCUT2D eigenvalue weighted by molar-refractivity contribution is 6.05. The fourth-order valence-corrected chi connectivity index (χ4v) is 3.05. The van der Waals surface area contributed by atoms with Gasteiger partial charge in [-0.25, -0.2) is 4.79 Å².